The van der Waals surface area contributed by atoms with E-state index in [0.717, 1.165) is 12.1 Å². The van der Waals surface area contributed by atoms with Crippen molar-refractivity contribution in [3.8, 4) is 0 Å². The maximum Gasteiger partial charge on any atom is 0.342 e. The molecule has 0 aliphatic heterocycles. The lowest BCUT2D eigenvalue weighted by atomic mass is 10.1. The molecule has 0 aliphatic carbocycles. The summed E-state index contributed by atoms with van der Waals surface area (Å²) >= 11 is 0. The van der Waals surface area contributed by atoms with Gasteiger partial charge in [-0.2, -0.15) is 0 Å². The Morgan fingerprint density at radius 3 is 2.52 bits per heavy atom. The number of halogens is 1. The van der Waals surface area contributed by atoms with Gasteiger partial charge >= 0.3 is 18.7 Å². The molecular weight excluding hydrogens is 304 g/mol. The second-order valence-electron chi connectivity index (χ2n) is 4.54. The number of hydrogen-bond donors (Lipinski definition) is 5. The van der Waals surface area contributed by atoms with E-state index >= 15 is 0 Å². The largest absolute Gasteiger partial charge is 0.342 e. The first-order valence-electron chi connectivity index (χ1n) is 5.92. The molecule has 0 radical (unpaired) electrons. The van der Waals surface area contributed by atoms with Crippen LogP contribution >= 0.6 is 7.60 Å². The Labute approximate surface area is 117 Å². The second kappa shape index (κ2) is 5.53. The molecule has 1 aromatic heterocycles. The van der Waals surface area contributed by atoms with Crippen molar-refractivity contribution in [3.05, 3.63) is 44.2 Å². The SMILES string of the molecule is CC(NCc1cc(F)cc2[nH]c(=O)c(=O)[nH]c12)P(=O)(O)O. The minimum absolute atomic E-state index is 0.0947. The highest BCUT2D eigenvalue weighted by molar-refractivity contribution is 7.52. The number of H-pyrrole nitrogens is 2. The van der Waals surface area contributed by atoms with Crippen LogP contribution in [-0.2, 0) is 11.1 Å². The van der Waals surface area contributed by atoms with E-state index in [4.69, 9.17) is 9.79 Å². The fourth-order valence-electron chi connectivity index (χ4n) is 1.77. The van der Waals surface area contributed by atoms with Crippen LogP contribution in [0.4, 0.5) is 4.39 Å². The molecule has 5 N–H and O–H groups in total. The zero-order chi connectivity index (χ0) is 15.8. The summed E-state index contributed by atoms with van der Waals surface area (Å²) in [6.07, 6.45) is 0. The van der Waals surface area contributed by atoms with Crippen molar-refractivity contribution in [3.63, 3.8) is 0 Å². The molecule has 0 saturated carbocycles. The van der Waals surface area contributed by atoms with Crippen LogP contribution in [0, 0.1) is 5.82 Å². The number of aromatic nitrogens is 2. The fraction of sp³-hybridized carbons (Fsp3) is 0.273. The zero-order valence-corrected chi connectivity index (χ0v) is 11.8. The molecule has 0 spiro atoms. The van der Waals surface area contributed by atoms with Crippen LogP contribution in [0.15, 0.2) is 21.7 Å². The van der Waals surface area contributed by atoms with Crippen LogP contribution in [0.5, 0.6) is 0 Å². The maximum atomic E-state index is 13.5. The van der Waals surface area contributed by atoms with Crippen molar-refractivity contribution in [2.75, 3.05) is 0 Å². The van der Waals surface area contributed by atoms with E-state index in [2.05, 4.69) is 15.3 Å². The molecule has 2 rings (SSSR count). The first-order valence-corrected chi connectivity index (χ1v) is 7.60. The molecule has 0 bridgehead atoms. The fourth-order valence-corrected chi connectivity index (χ4v) is 2.10. The molecule has 0 amide bonds. The smallest absolute Gasteiger partial charge is 0.323 e. The number of fused-ring (bicyclic) bond motifs is 1. The van der Waals surface area contributed by atoms with Gasteiger partial charge in [-0.15, -0.1) is 0 Å². The number of benzene rings is 1. The molecule has 21 heavy (non-hydrogen) atoms. The van der Waals surface area contributed by atoms with Crippen molar-refractivity contribution in [2.45, 2.75) is 19.3 Å². The summed E-state index contributed by atoms with van der Waals surface area (Å²) in [5.74, 6) is -1.78. The maximum absolute atomic E-state index is 13.5. The molecule has 1 aromatic carbocycles. The molecule has 1 heterocycles. The van der Waals surface area contributed by atoms with E-state index in [1.807, 2.05) is 0 Å². The Balaban J connectivity index is 2.44. The summed E-state index contributed by atoms with van der Waals surface area (Å²) < 4.78 is 24.5. The number of rotatable bonds is 4. The van der Waals surface area contributed by atoms with Crippen molar-refractivity contribution in [2.24, 2.45) is 0 Å². The monoisotopic (exact) mass is 317 g/mol. The predicted molar refractivity (Wildman–Crippen MR) is 73.5 cm³/mol. The van der Waals surface area contributed by atoms with Gasteiger partial charge in [0, 0.05) is 6.54 Å². The summed E-state index contributed by atoms with van der Waals surface area (Å²) in [5.41, 5.74) is -1.24. The van der Waals surface area contributed by atoms with Crippen molar-refractivity contribution >= 4 is 18.6 Å². The van der Waals surface area contributed by atoms with E-state index in [0.29, 0.717) is 0 Å². The Morgan fingerprint density at radius 2 is 1.90 bits per heavy atom. The van der Waals surface area contributed by atoms with Crippen molar-refractivity contribution < 1.29 is 18.7 Å². The van der Waals surface area contributed by atoms with Crippen LogP contribution in [-0.4, -0.2) is 25.5 Å². The predicted octanol–water partition coefficient (Wildman–Crippen LogP) is -0.0312. The third-order valence-electron chi connectivity index (χ3n) is 2.97. The van der Waals surface area contributed by atoms with Crippen molar-refractivity contribution in [1.29, 1.82) is 0 Å². The van der Waals surface area contributed by atoms with Crippen LogP contribution in [0.25, 0.3) is 11.0 Å². The van der Waals surface area contributed by atoms with Gasteiger partial charge in [0.2, 0.25) is 0 Å². The summed E-state index contributed by atoms with van der Waals surface area (Å²) in [6.45, 7) is 1.19. The van der Waals surface area contributed by atoms with E-state index < -0.39 is 30.3 Å². The third-order valence-corrected chi connectivity index (χ3v) is 4.16. The number of hydrogen-bond acceptors (Lipinski definition) is 4. The Bertz CT molecular complexity index is 840. The van der Waals surface area contributed by atoms with Crippen molar-refractivity contribution in [1.82, 2.24) is 15.3 Å². The molecule has 114 valence electrons. The Hall–Kier alpha value is -1.80. The summed E-state index contributed by atoms with van der Waals surface area (Å²) in [5, 5.41) is 2.55. The van der Waals surface area contributed by atoms with Gasteiger partial charge in [0.15, 0.2) is 0 Å². The molecule has 0 aliphatic rings. The summed E-state index contributed by atoms with van der Waals surface area (Å²) in [7, 11) is -4.32. The van der Waals surface area contributed by atoms with E-state index in [1.54, 1.807) is 0 Å². The van der Waals surface area contributed by atoms with Crippen LogP contribution in [0.3, 0.4) is 0 Å². The number of nitrogens with one attached hydrogen (secondary N) is 3. The van der Waals surface area contributed by atoms with Gasteiger partial charge < -0.3 is 19.8 Å². The minimum Gasteiger partial charge on any atom is -0.323 e. The van der Waals surface area contributed by atoms with Gasteiger partial charge in [-0.05, 0) is 24.6 Å². The van der Waals surface area contributed by atoms with Crippen LogP contribution < -0.4 is 16.4 Å². The average molecular weight is 317 g/mol. The van der Waals surface area contributed by atoms with Crippen LogP contribution in [0.2, 0.25) is 0 Å². The summed E-state index contributed by atoms with van der Waals surface area (Å²) in [4.78, 5) is 45.1. The lowest BCUT2D eigenvalue weighted by Gasteiger charge is -2.16. The Kier molecular flexibility index (Phi) is 4.11. The standard InChI is InChI=1S/C11H13FN3O5P/c1-5(21(18,19)20)13-4-6-2-7(12)3-8-9(6)15-11(17)10(16)14-8/h2-3,5,13H,4H2,1H3,(H,14,16)(H,15,17)(H2,18,19,20). The van der Waals surface area contributed by atoms with Crippen LogP contribution in [0.1, 0.15) is 12.5 Å². The normalized spacial score (nSPS) is 13.5. The molecule has 10 heteroatoms. The second-order valence-corrected chi connectivity index (χ2v) is 6.49. The van der Waals surface area contributed by atoms with Gasteiger partial charge in [-0.3, -0.25) is 19.5 Å². The molecule has 8 nitrogen and oxygen atoms in total. The quantitative estimate of drug-likeness (QED) is 0.397. The Morgan fingerprint density at radius 1 is 1.29 bits per heavy atom. The molecular formula is C11H13FN3O5P. The van der Waals surface area contributed by atoms with E-state index in [-0.39, 0.29) is 23.1 Å². The topological polar surface area (TPSA) is 135 Å². The molecule has 1 atom stereocenters. The molecule has 2 aromatic rings. The van der Waals surface area contributed by atoms with E-state index in [9.17, 15) is 18.5 Å². The third kappa shape index (κ3) is 3.45. The molecule has 0 fully saturated rings. The zero-order valence-electron chi connectivity index (χ0n) is 10.9. The molecule has 0 saturated heterocycles. The molecule has 1 unspecified atom stereocenters. The first kappa shape index (κ1) is 15.6. The minimum atomic E-state index is -4.32. The van der Waals surface area contributed by atoms with Gasteiger partial charge in [0.25, 0.3) is 0 Å². The lowest BCUT2D eigenvalue weighted by molar-refractivity contribution is 0.350. The van der Waals surface area contributed by atoms with Gasteiger partial charge in [0.05, 0.1) is 11.0 Å². The number of aromatic amines is 2. The highest BCUT2D eigenvalue weighted by atomic mass is 31.2. The highest BCUT2D eigenvalue weighted by Gasteiger charge is 2.23. The summed E-state index contributed by atoms with van der Waals surface area (Å²) in [6, 6.07) is 2.15. The van der Waals surface area contributed by atoms with Gasteiger partial charge in [-0.1, -0.05) is 0 Å². The highest BCUT2D eigenvalue weighted by Crippen LogP contribution is 2.39. The van der Waals surface area contributed by atoms with Gasteiger partial charge in [0.1, 0.15) is 11.6 Å². The average Bonchev–Trinajstić information content (AvgIpc) is 2.36. The van der Waals surface area contributed by atoms with E-state index in [1.165, 1.54) is 6.92 Å². The van der Waals surface area contributed by atoms with Gasteiger partial charge in [-0.25, -0.2) is 4.39 Å². The first-order chi connectivity index (χ1) is 9.68. The lowest BCUT2D eigenvalue weighted by Crippen LogP contribution is -2.30.